The van der Waals surface area contributed by atoms with Crippen molar-refractivity contribution in [2.24, 2.45) is 0 Å². The minimum absolute atomic E-state index is 0.101. The van der Waals surface area contributed by atoms with Crippen molar-refractivity contribution in [1.29, 1.82) is 0 Å². The summed E-state index contributed by atoms with van der Waals surface area (Å²) in [6.45, 7) is 44.0. The summed E-state index contributed by atoms with van der Waals surface area (Å²) in [7, 11) is 0. The SMILES string of the molecule is CCCCCCCCC1(CCCCCCCC)c2cc3c(cc2-c2cc4c(cc21)-c1c(cc(-c2cc(C)c(-c5ccc6c(c5)C(C)(C)c5cc7c(cc5-6)C(C)(C)c5ccc6ccccc6c5-7)cc2C)c2ccccc12)C4(C)C)C(C)(C)c1cc(-c2cc(C)c(-c4ccc5c(c4)C(C)(C)c4cc6c(cc4-5)C(C)(C)c4ccc5ccccc5c4-6)cc2C)c2ccccc2c1-3. The normalized spacial score (nSPS) is 16.4. The molecule has 7 aliphatic carbocycles. The molecule has 16 aromatic rings. The van der Waals surface area contributed by atoms with Crippen LogP contribution in [0.15, 0.2) is 243 Å². The fraction of sp³-hybridized carbons (Fsp3) is 0.307. The number of hydrogen-bond acceptors (Lipinski definition) is 0. The van der Waals surface area contributed by atoms with E-state index in [-0.39, 0.29) is 37.9 Å². The van der Waals surface area contributed by atoms with Crippen molar-refractivity contribution < 1.29 is 0 Å². The van der Waals surface area contributed by atoms with E-state index in [0.29, 0.717) is 0 Å². The summed E-state index contributed by atoms with van der Waals surface area (Å²) < 4.78 is 0. The lowest BCUT2D eigenvalue weighted by Gasteiger charge is -2.34. The molecule has 0 N–H and O–H groups in total. The highest BCUT2D eigenvalue weighted by atomic mass is 14.5. The number of rotatable bonds is 18. The van der Waals surface area contributed by atoms with Crippen LogP contribution in [0.2, 0.25) is 0 Å². The molecule has 0 saturated carbocycles. The molecule has 0 unspecified atom stereocenters. The fourth-order valence-corrected chi connectivity index (χ4v) is 26.8. The van der Waals surface area contributed by atoms with E-state index < -0.39 is 0 Å². The average Bonchev–Trinajstić information content (AvgIpc) is 1.62. The molecule has 0 radical (unpaired) electrons. The van der Waals surface area contributed by atoms with Gasteiger partial charge in [-0.25, -0.2) is 0 Å². The van der Waals surface area contributed by atoms with Crippen molar-refractivity contribution in [3.63, 3.8) is 0 Å². The Balaban J connectivity index is 0.613. The highest BCUT2D eigenvalue weighted by Crippen LogP contribution is 2.66. The van der Waals surface area contributed by atoms with Crippen LogP contribution >= 0.6 is 0 Å². The minimum atomic E-state index is -0.281. The van der Waals surface area contributed by atoms with Gasteiger partial charge in [0.25, 0.3) is 0 Å². The van der Waals surface area contributed by atoms with Gasteiger partial charge in [0.1, 0.15) is 0 Å². The van der Waals surface area contributed by atoms with Crippen molar-refractivity contribution in [3.8, 4) is 122 Å². The summed E-state index contributed by atoms with van der Waals surface area (Å²) in [5.74, 6) is 0. The summed E-state index contributed by atoms with van der Waals surface area (Å²) in [5.41, 5.74) is 54.9. The van der Waals surface area contributed by atoms with Gasteiger partial charge < -0.3 is 0 Å². The molecule has 0 nitrogen and oxygen atoms in total. The van der Waals surface area contributed by atoms with Crippen LogP contribution in [-0.4, -0.2) is 0 Å². The Morgan fingerprint density at radius 2 is 0.449 bits per heavy atom. The molecule has 0 saturated heterocycles. The summed E-state index contributed by atoms with van der Waals surface area (Å²) >= 11 is 0. The average molecular weight is 1650 g/mol. The lowest BCUT2D eigenvalue weighted by atomic mass is 9.69. The zero-order chi connectivity index (χ0) is 87.4. The predicted molar refractivity (Wildman–Crippen MR) is 545 cm³/mol. The monoisotopic (exact) mass is 1650 g/mol. The highest BCUT2D eigenvalue weighted by molar-refractivity contribution is 6.14. The molecule has 0 aromatic heterocycles. The van der Waals surface area contributed by atoms with Crippen LogP contribution in [-0.2, 0) is 37.9 Å². The van der Waals surface area contributed by atoms with E-state index in [1.54, 1.807) is 11.1 Å². The Labute approximate surface area is 755 Å². The first-order chi connectivity index (χ1) is 61.1. The van der Waals surface area contributed by atoms with Gasteiger partial charge in [-0.15, -0.1) is 0 Å². The van der Waals surface area contributed by atoms with E-state index in [4.69, 9.17) is 0 Å². The third kappa shape index (κ3) is 11.3. The Morgan fingerprint density at radius 1 is 0.181 bits per heavy atom. The maximum atomic E-state index is 2.82. The third-order valence-electron chi connectivity index (χ3n) is 33.9. The molecule has 0 heteroatoms. The van der Waals surface area contributed by atoms with E-state index in [2.05, 4.69) is 367 Å². The van der Waals surface area contributed by atoms with E-state index in [1.165, 1.54) is 332 Å². The molecule has 127 heavy (non-hydrogen) atoms. The van der Waals surface area contributed by atoms with Crippen LogP contribution in [0.4, 0.5) is 0 Å². The molecule has 0 bridgehead atoms. The lowest BCUT2D eigenvalue weighted by Crippen LogP contribution is -2.26. The van der Waals surface area contributed by atoms with Crippen molar-refractivity contribution in [1.82, 2.24) is 0 Å². The topological polar surface area (TPSA) is 0 Å². The van der Waals surface area contributed by atoms with Crippen LogP contribution in [0.25, 0.3) is 165 Å². The molecule has 0 atom stereocenters. The Morgan fingerprint density at radius 3 is 0.835 bits per heavy atom. The maximum absolute atomic E-state index is 2.82. The number of fused-ring (bicyclic) bond motifs is 29. The van der Waals surface area contributed by atoms with Gasteiger partial charge >= 0.3 is 0 Å². The van der Waals surface area contributed by atoms with Gasteiger partial charge in [0.05, 0.1) is 0 Å². The van der Waals surface area contributed by atoms with Gasteiger partial charge in [0, 0.05) is 37.9 Å². The third-order valence-corrected chi connectivity index (χ3v) is 33.9. The van der Waals surface area contributed by atoms with E-state index in [1.807, 2.05) is 0 Å². The van der Waals surface area contributed by atoms with E-state index >= 15 is 0 Å². The summed E-state index contributed by atoms with van der Waals surface area (Å²) in [5, 5.41) is 10.8. The van der Waals surface area contributed by atoms with Gasteiger partial charge in [0.2, 0.25) is 0 Å². The lowest BCUT2D eigenvalue weighted by molar-refractivity contribution is 0.398. The maximum Gasteiger partial charge on any atom is 0.0215 e. The van der Waals surface area contributed by atoms with Crippen molar-refractivity contribution >= 4 is 43.1 Å². The first-order valence-corrected chi connectivity index (χ1v) is 48.6. The van der Waals surface area contributed by atoms with Crippen LogP contribution in [0.5, 0.6) is 0 Å². The number of benzene rings is 16. The molecule has 630 valence electrons. The number of unbranched alkanes of at least 4 members (excludes halogenated alkanes) is 10. The molecular weight excluding hydrogens is 1530 g/mol. The Bertz CT molecular complexity index is 7050. The molecular formula is C127H122. The van der Waals surface area contributed by atoms with Crippen molar-refractivity contribution in [2.75, 3.05) is 0 Å². The molecule has 0 heterocycles. The van der Waals surface area contributed by atoms with Gasteiger partial charge in [-0.3, -0.25) is 0 Å². The van der Waals surface area contributed by atoms with Gasteiger partial charge in [-0.05, 0) is 379 Å². The van der Waals surface area contributed by atoms with Crippen LogP contribution in [0.1, 0.15) is 287 Å². The second kappa shape index (κ2) is 28.3. The highest BCUT2D eigenvalue weighted by Gasteiger charge is 2.51. The summed E-state index contributed by atoms with van der Waals surface area (Å²) in [6, 6.07) is 98.3. The predicted octanol–water partition coefficient (Wildman–Crippen LogP) is 35.8. The Hall–Kier alpha value is -11.4. The van der Waals surface area contributed by atoms with Gasteiger partial charge in [0.15, 0.2) is 0 Å². The van der Waals surface area contributed by atoms with Crippen LogP contribution in [0.3, 0.4) is 0 Å². The first-order valence-electron chi connectivity index (χ1n) is 48.6. The quantitative estimate of drug-likeness (QED) is 0.0751. The molecule has 0 spiro atoms. The molecule has 16 aromatic carbocycles. The van der Waals surface area contributed by atoms with Crippen molar-refractivity contribution in [3.05, 3.63) is 343 Å². The fourth-order valence-electron chi connectivity index (χ4n) is 26.8. The second-order valence-electron chi connectivity index (χ2n) is 43.3. The van der Waals surface area contributed by atoms with Crippen LogP contribution < -0.4 is 0 Å². The van der Waals surface area contributed by atoms with Crippen LogP contribution in [0, 0.1) is 27.7 Å². The van der Waals surface area contributed by atoms with E-state index in [0.717, 1.165) is 12.8 Å². The van der Waals surface area contributed by atoms with Crippen molar-refractivity contribution in [2.45, 2.75) is 252 Å². The smallest absolute Gasteiger partial charge is 0.0215 e. The molecule has 23 rings (SSSR count). The van der Waals surface area contributed by atoms with Gasteiger partial charge in [-0.1, -0.05) is 344 Å². The van der Waals surface area contributed by atoms with E-state index in [9.17, 15) is 0 Å². The number of hydrogen-bond donors (Lipinski definition) is 0. The molecule has 0 amide bonds. The largest absolute Gasteiger partial charge is 0.0654 e. The zero-order valence-corrected chi connectivity index (χ0v) is 78.5. The number of aryl methyl sites for hydroxylation is 4. The Kier molecular flexibility index (Phi) is 17.8. The standard InChI is InChI=1S/C127H122/c1-19-21-23-25-27-37-55-127(56-38-28-26-24-22-20-2)113-71-101-111(125(15,16)115-63-93(83-43-33-35-45-87(83)119(101)115)91-59-73(3)89(57-75(91)5)79-47-51-85-95-65-109-99(69-107(95)123(11,12)105(85)61-79)117-81-41-31-29-39-77(81)49-53-103(117)121(109,7)8)67-97(113)98-68-112-102(72-114(98)127)120-88-46-36-34-44-84(88)94(64-116(120)126(112,17)18)92-60-74(4)90(58-76(92)6)80-48-52-86-96-66-110-100(70-108(96)124(13,14)106(86)62-80)118-82-42-32-30-40-78(82)50-54-104(118)122(110,9)10/h29-36,39-54,57-72H,19-28,37-38,55-56H2,1-18H3. The minimum Gasteiger partial charge on any atom is -0.0654 e. The molecule has 0 fully saturated rings. The van der Waals surface area contributed by atoms with Gasteiger partial charge in [-0.2, -0.15) is 0 Å². The zero-order valence-electron chi connectivity index (χ0n) is 78.5. The second-order valence-corrected chi connectivity index (χ2v) is 43.3. The summed E-state index contributed by atoms with van der Waals surface area (Å²) in [6.07, 6.45) is 17.7. The first kappa shape index (κ1) is 80.1. The molecule has 0 aliphatic heterocycles. The molecule has 7 aliphatic rings. The summed E-state index contributed by atoms with van der Waals surface area (Å²) in [4.78, 5) is 0.